The lowest BCUT2D eigenvalue weighted by atomic mass is 9.96. The molecule has 2 saturated heterocycles. The predicted octanol–water partition coefficient (Wildman–Crippen LogP) is 4.73. The van der Waals surface area contributed by atoms with Crippen molar-refractivity contribution in [3.05, 3.63) is 47.5 Å². The first-order chi connectivity index (χ1) is 20.9. The Morgan fingerprint density at radius 1 is 0.977 bits per heavy atom. The van der Waals surface area contributed by atoms with Gasteiger partial charge in [-0.1, -0.05) is 77.4 Å². The lowest BCUT2D eigenvalue weighted by Gasteiger charge is -2.36. The first-order valence-corrected chi connectivity index (χ1v) is 16.4. The van der Waals surface area contributed by atoms with Gasteiger partial charge in [-0.2, -0.15) is 0 Å². The maximum Gasteiger partial charge on any atom is 0.329 e. The van der Waals surface area contributed by atoms with Gasteiger partial charge in [-0.3, -0.25) is 19.3 Å². The number of ether oxygens (including phenoxy) is 1. The van der Waals surface area contributed by atoms with E-state index in [-0.39, 0.29) is 53.7 Å². The van der Waals surface area contributed by atoms with E-state index in [0.29, 0.717) is 25.0 Å². The van der Waals surface area contributed by atoms with Gasteiger partial charge in [-0.25, -0.2) is 4.79 Å². The van der Waals surface area contributed by atoms with E-state index in [2.05, 4.69) is 10.2 Å². The van der Waals surface area contributed by atoms with Crippen LogP contribution < -0.4 is 5.32 Å². The van der Waals surface area contributed by atoms with Crippen LogP contribution in [0.15, 0.2) is 42.0 Å². The first kappa shape index (κ1) is 35.3. The van der Waals surface area contributed by atoms with Crippen molar-refractivity contribution >= 4 is 23.7 Å². The molecule has 0 radical (unpaired) electrons. The Morgan fingerprint density at radius 3 is 2.23 bits per heavy atom. The minimum Gasteiger partial charge on any atom is -0.456 e. The number of piperidine rings is 1. The standard InChI is InChI=1S/C35H54N4O5/c1-9-30(26-16-11-10-12-17-26)44-35(43)28-19-15-21-39(28)33(41)25(6)22-29(23(2)3)38(8)34(42)31(24(4)5)36-32(40)27-18-13-14-20-37(27)7/h10-12,16-17,22-24,27-31H,9,13-15,18-21H2,1-8H3,(H,36,40)/t27?,28-,29+,30-,31-/m0/s1. The second kappa shape index (κ2) is 16.2. The molecule has 2 aliphatic rings. The Bertz CT molecular complexity index is 1170. The number of esters is 1. The number of nitrogens with one attached hydrogen (secondary N) is 1. The zero-order valence-corrected chi connectivity index (χ0v) is 28.0. The van der Waals surface area contributed by atoms with Gasteiger partial charge in [0.05, 0.1) is 12.1 Å². The molecule has 1 N–H and O–H groups in total. The molecule has 9 nitrogen and oxygen atoms in total. The Labute approximate surface area is 264 Å². The third-order valence-electron chi connectivity index (χ3n) is 9.13. The quantitative estimate of drug-likeness (QED) is 0.272. The molecule has 5 atom stereocenters. The van der Waals surface area contributed by atoms with E-state index in [0.717, 1.165) is 37.8 Å². The van der Waals surface area contributed by atoms with Crippen molar-refractivity contribution < 1.29 is 23.9 Å². The number of likely N-dealkylation sites (tertiary alicyclic amines) is 2. The number of benzene rings is 1. The molecule has 1 aromatic rings. The molecule has 244 valence electrons. The third kappa shape index (κ3) is 8.71. The summed E-state index contributed by atoms with van der Waals surface area (Å²) in [5, 5.41) is 3.04. The van der Waals surface area contributed by atoms with E-state index in [4.69, 9.17) is 4.74 Å². The highest BCUT2D eigenvalue weighted by atomic mass is 16.5. The van der Waals surface area contributed by atoms with Crippen LogP contribution in [0.4, 0.5) is 0 Å². The summed E-state index contributed by atoms with van der Waals surface area (Å²) in [6.07, 6.45) is 6.24. The van der Waals surface area contributed by atoms with Crippen molar-refractivity contribution in [3.63, 3.8) is 0 Å². The molecule has 0 saturated carbocycles. The van der Waals surface area contributed by atoms with Gasteiger partial charge < -0.3 is 19.9 Å². The van der Waals surface area contributed by atoms with Gasteiger partial charge >= 0.3 is 5.97 Å². The molecule has 2 heterocycles. The zero-order chi connectivity index (χ0) is 32.6. The number of carbonyl (C=O) groups is 4. The van der Waals surface area contributed by atoms with Gasteiger partial charge in [0.25, 0.3) is 0 Å². The van der Waals surface area contributed by atoms with Crippen LogP contribution in [-0.4, -0.2) is 89.7 Å². The molecule has 3 rings (SSSR count). The molecule has 0 bridgehead atoms. The Morgan fingerprint density at radius 2 is 1.64 bits per heavy atom. The fraction of sp³-hybridized carbons (Fsp3) is 0.657. The fourth-order valence-corrected chi connectivity index (χ4v) is 6.37. The number of amides is 3. The number of carbonyl (C=O) groups excluding carboxylic acids is 4. The maximum absolute atomic E-state index is 13.8. The third-order valence-corrected chi connectivity index (χ3v) is 9.13. The highest BCUT2D eigenvalue weighted by Gasteiger charge is 2.38. The summed E-state index contributed by atoms with van der Waals surface area (Å²) >= 11 is 0. The summed E-state index contributed by atoms with van der Waals surface area (Å²) in [6.45, 7) is 12.9. The monoisotopic (exact) mass is 610 g/mol. The van der Waals surface area contributed by atoms with Gasteiger partial charge in [-0.05, 0) is 70.0 Å². The maximum atomic E-state index is 13.8. The minimum atomic E-state index is -0.678. The average molecular weight is 611 g/mol. The molecule has 1 aromatic carbocycles. The highest BCUT2D eigenvalue weighted by molar-refractivity contribution is 5.96. The zero-order valence-electron chi connectivity index (χ0n) is 28.0. The molecule has 3 amide bonds. The number of rotatable bonds is 12. The van der Waals surface area contributed by atoms with Gasteiger partial charge in [0, 0.05) is 19.2 Å². The normalized spacial score (nSPS) is 21.6. The van der Waals surface area contributed by atoms with Crippen LogP contribution in [0.1, 0.15) is 91.7 Å². The Balaban J connectivity index is 1.73. The van der Waals surface area contributed by atoms with Gasteiger partial charge in [0.15, 0.2) is 0 Å². The van der Waals surface area contributed by atoms with Crippen LogP contribution >= 0.6 is 0 Å². The van der Waals surface area contributed by atoms with Crippen molar-refractivity contribution in [1.82, 2.24) is 20.0 Å². The molecule has 1 unspecified atom stereocenters. The molecule has 2 fully saturated rings. The molecule has 0 spiro atoms. The molecular formula is C35H54N4O5. The van der Waals surface area contributed by atoms with Gasteiger partial charge in [0.1, 0.15) is 18.2 Å². The highest BCUT2D eigenvalue weighted by Crippen LogP contribution is 2.27. The van der Waals surface area contributed by atoms with Gasteiger partial charge in [-0.15, -0.1) is 0 Å². The lowest BCUT2D eigenvalue weighted by Crippen LogP contribution is -2.57. The second-order valence-corrected chi connectivity index (χ2v) is 13.2. The number of nitrogens with zero attached hydrogens (tertiary/aromatic N) is 3. The minimum absolute atomic E-state index is 0.00946. The van der Waals surface area contributed by atoms with Crippen LogP contribution in [-0.2, 0) is 23.9 Å². The molecule has 9 heteroatoms. The first-order valence-electron chi connectivity index (χ1n) is 16.4. The van der Waals surface area contributed by atoms with E-state index in [1.165, 1.54) is 0 Å². The summed E-state index contributed by atoms with van der Waals surface area (Å²) < 4.78 is 5.91. The van der Waals surface area contributed by atoms with Crippen molar-refractivity contribution in [2.45, 2.75) is 110 Å². The Hall–Kier alpha value is -3.20. The topological polar surface area (TPSA) is 99.3 Å². The van der Waals surface area contributed by atoms with Crippen molar-refractivity contribution in [2.75, 3.05) is 27.2 Å². The molecule has 0 aliphatic carbocycles. The van der Waals surface area contributed by atoms with E-state index in [1.54, 1.807) is 23.8 Å². The van der Waals surface area contributed by atoms with Crippen LogP contribution in [0.3, 0.4) is 0 Å². The summed E-state index contributed by atoms with van der Waals surface area (Å²) in [7, 11) is 3.69. The van der Waals surface area contributed by atoms with E-state index in [9.17, 15) is 19.2 Å². The van der Waals surface area contributed by atoms with E-state index >= 15 is 0 Å². The summed E-state index contributed by atoms with van der Waals surface area (Å²) in [5.74, 6) is -1.00. The van der Waals surface area contributed by atoms with E-state index < -0.39 is 12.1 Å². The molecule has 2 aliphatic heterocycles. The van der Waals surface area contributed by atoms with Crippen LogP contribution in [0.5, 0.6) is 0 Å². The van der Waals surface area contributed by atoms with Crippen molar-refractivity contribution in [1.29, 1.82) is 0 Å². The van der Waals surface area contributed by atoms with Crippen LogP contribution in [0, 0.1) is 11.8 Å². The Kier molecular flexibility index (Phi) is 13.0. The largest absolute Gasteiger partial charge is 0.456 e. The number of hydrogen-bond acceptors (Lipinski definition) is 6. The predicted molar refractivity (Wildman–Crippen MR) is 172 cm³/mol. The number of likely N-dealkylation sites (N-methyl/N-ethyl adjacent to an activating group) is 2. The average Bonchev–Trinajstić information content (AvgIpc) is 3.50. The van der Waals surface area contributed by atoms with Crippen molar-refractivity contribution in [2.24, 2.45) is 11.8 Å². The van der Waals surface area contributed by atoms with Crippen LogP contribution in [0.25, 0.3) is 0 Å². The van der Waals surface area contributed by atoms with Gasteiger partial charge in [0.2, 0.25) is 17.7 Å². The molecule has 44 heavy (non-hydrogen) atoms. The SMILES string of the molecule is CC[C@H](OC(=O)[C@@H]1CCCN1C(=O)C(C)=C[C@H](C(C)C)N(C)C(=O)[C@@H](NC(=O)C1CCCCN1C)C(C)C)c1ccccc1. The molecule has 0 aromatic heterocycles. The summed E-state index contributed by atoms with van der Waals surface area (Å²) in [4.78, 5) is 59.4. The lowest BCUT2D eigenvalue weighted by molar-refractivity contribution is -0.157. The smallest absolute Gasteiger partial charge is 0.329 e. The summed E-state index contributed by atoms with van der Waals surface area (Å²) in [6, 6.07) is 7.73. The van der Waals surface area contributed by atoms with E-state index in [1.807, 2.05) is 78.1 Å². The second-order valence-electron chi connectivity index (χ2n) is 13.2. The fourth-order valence-electron chi connectivity index (χ4n) is 6.37. The van der Waals surface area contributed by atoms with Crippen LogP contribution in [0.2, 0.25) is 0 Å². The van der Waals surface area contributed by atoms with Crippen molar-refractivity contribution in [3.8, 4) is 0 Å². The number of hydrogen-bond donors (Lipinski definition) is 1. The summed E-state index contributed by atoms with van der Waals surface area (Å²) in [5.41, 5.74) is 1.41. The molecular weight excluding hydrogens is 556 g/mol.